The highest BCUT2D eigenvalue weighted by atomic mass is 35.5. The molecule has 10 heteroatoms. The van der Waals surface area contributed by atoms with Gasteiger partial charge in [0.05, 0.1) is 10.5 Å². The van der Waals surface area contributed by atoms with Crippen LogP contribution in [0.25, 0.3) is 0 Å². The highest BCUT2D eigenvalue weighted by molar-refractivity contribution is 7.90. The topological polar surface area (TPSA) is 66.5 Å². The van der Waals surface area contributed by atoms with Gasteiger partial charge in [-0.05, 0) is 47.5 Å². The lowest BCUT2D eigenvalue weighted by Gasteiger charge is -2.18. The van der Waals surface area contributed by atoms with Gasteiger partial charge in [-0.15, -0.1) is 0 Å². The Morgan fingerprint density at radius 3 is 1.91 bits per heavy atom. The number of nitrogens with one attached hydrogen (secondary N) is 1. The van der Waals surface area contributed by atoms with E-state index in [4.69, 9.17) is 11.6 Å². The molecule has 178 valence electrons. The summed E-state index contributed by atoms with van der Waals surface area (Å²) in [5.41, 5.74) is 0.983. The van der Waals surface area contributed by atoms with Crippen LogP contribution in [0.5, 0.6) is 0 Å². The van der Waals surface area contributed by atoms with Crippen LogP contribution < -0.4 is 4.72 Å². The fourth-order valence-electron chi connectivity index (χ4n) is 4.12. The minimum atomic E-state index is -4.59. The van der Waals surface area contributed by atoms with E-state index >= 15 is 0 Å². The summed E-state index contributed by atoms with van der Waals surface area (Å²) < 4.78 is 65.6. The number of likely N-dealkylation sites (tertiary alicyclic amines) is 1. The van der Waals surface area contributed by atoms with Crippen molar-refractivity contribution in [1.29, 1.82) is 0 Å². The van der Waals surface area contributed by atoms with Crippen molar-refractivity contribution in [3.63, 3.8) is 0 Å². The van der Waals surface area contributed by atoms with E-state index in [2.05, 4.69) is 0 Å². The molecule has 1 heterocycles. The third-order valence-electron chi connectivity index (χ3n) is 5.85. The third-order valence-corrected chi connectivity index (χ3v) is 7.43. The number of rotatable bonds is 4. The smallest absolute Gasteiger partial charge is 0.323 e. The molecule has 1 saturated heterocycles. The molecule has 3 aromatic carbocycles. The lowest BCUT2D eigenvalue weighted by atomic mass is 9.84. The van der Waals surface area contributed by atoms with Crippen LogP contribution in [-0.4, -0.2) is 32.4 Å². The van der Waals surface area contributed by atoms with Crippen molar-refractivity contribution >= 4 is 27.7 Å². The second-order valence-corrected chi connectivity index (χ2v) is 10.1. The fourth-order valence-corrected chi connectivity index (χ4v) is 5.21. The predicted molar refractivity (Wildman–Crippen MR) is 122 cm³/mol. The van der Waals surface area contributed by atoms with Gasteiger partial charge in [0.2, 0.25) is 0 Å². The number of nitrogens with zero attached hydrogens (tertiary/aromatic N) is 1. The zero-order valence-electron chi connectivity index (χ0n) is 17.7. The molecule has 0 saturated carbocycles. The predicted octanol–water partition coefficient (Wildman–Crippen LogP) is 5.64. The van der Waals surface area contributed by atoms with Crippen LogP contribution in [-0.2, 0) is 16.2 Å². The van der Waals surface area contributed by atoms with Gasteiger partial charge in [-0.25, -0.2) is 17.9 Å². The number of benzene rings is 3. The first-order valence-electron chi connectivity index (χ1n) is 10.3. The average molecular weight is 509 g/mol. The van der Waals surface area contributed by atoms with Crippen molar-refractivity contribution in [2.24, 2.45) is 0 Å². The molecule has 0 aliphatic carbocycles. The van der Waals surface area contributed by atoms with Crippen LogP contribution in [0.1, 0.15) is 28.5 Å². The number of halogens is 4. The molecule has 2 amide bonds. The molecular formula is C24H20ClF3N2O3S. The third kappa shape index (κ3) is 5.20. The highest BCUT2D eigenvalue weighted by Crippen LogP contribution is 2.40. The maximum atomic E-state index is 12.9. The van der Waals surface area contributed by atoms with E-state index < -0.39 is 32.7 Å². The summed E-state index contributed by atoms with van der Waals surface area (Å²) in [5.74, 6) is -0.180. The molecule has 3 aromatic rings. The molecule has 0 aromatic heterocycles. The Hall–Kier alpha value is -3.04. The van der Waals surface area contributed by atoms with Gasteiger partial charge in [0, 0.05) is 29.9 Å². The maximum Gasteiger partial charge on any atom is 0.416 e. The molecule has 1 N–H and O–H groups in total. The molecule has 5 nitrogen and oxygen atoms in total. The van der Waals surface area contributed by atoms with Crippen molar-refractivity contribution in [3.05, 3.63) is 101 Å². The quantitative estimate of drug-likeness (QED) is 0.496. The molecule has 2 atom stereocenters. The Morgan fingerprint density at radius 1 is 0.853 bits per heavy atom. The van der Waals surface area contributed by atoms with Crippen LogP contribution >= 0.6 is 11.6 Å². The minimum Gasteiger partial charge on any atom is -0.323 e. The van der Waals surface area contributed by atoms with Gasteiger partial charge < -0.3 is 4.90 Å². The van der Waals surface area contributed by atoms with Crippen molar-refractivity contribution < 1.29 is 26.4 Å². The van der Waals surface area contributed by atoms with E-state index in [1.54, 1.807) is 12.1 Å². The van der Waals surface area contributed by atoms with Crippen LogP contribution in [0.4, 0.5) is 18.0 Å². The molecular weight excluding hydrogens is 489 g/mol. The van der Waals surface area contributed by atoms with Crippen molar-refractivity contribution in [2.75, 3.05) is 13.1 Å². The summed E-state index contributed by atoms with van der Waals surface area (Å²) in [6.45, 7) is 0.529. The Morgan fingerprint density at radius 2 is 1.38 bits per heavy atom. The largest absolute Gasteiger partial charge is 0.416 e. The maximum absolute atomic E-state index is 12.9. The molecule has 1 aliphatic heterocycles. The highest BCUT2D eigenvalue weighted by Gasteiger charge is 2.38. The van der Waals surface area contributed by atoms with E-state index in [1.807, 2.05) is 47.2 Å². The molecule has 34 heavy (non-hydrogen) atoms. The SMILES string of the molecule is O=C(NS(=O)(=O)c1ccc(C(F)(F)F)cc1)N1CC(c2ccccc2)C(c2ccc(Cl)cc2)C1. The van der Waals surface area contributed by atoms with Gasteiger partial charge in [-0.3, -0.25) is 0 Å². The zero-order valence-corrected chi connectivity index (χ0v) is 19.2. The Labute approximate surface area is 200 Å². The zero-order chi connectivity index (χ0) is 24.5. The normalized spacial score (nSPS) is 18.6. The number of alkyl halides is 3. The first kappa shape index (κ1) is 24.1. The molecule has 0 bridgehead atoms. The van der Waals surface area contributed by atoms with Gasteiger partial charge in [-0.1, -0.05) is 54.1 Å². The number of urea groups is 1. The van der Waals surface area contributed by atoms with Gasteiger partial charge >= 0.3 is 12.2 Å². The summed E-state index contributed by atoms with van der Waals surface area (Å²) in [7, 11) is -4.36. The van der Waals surface area contributed by atoms with E-state index in [1.165, 1.54) is 4.90 Å². The van der Waals surface area contributed by atoms with Gasteiger partial charge in [0.1, 0.15) is 0 Å². The number of sulfonamides is 1. The Balaban J connectivity index is 1.55. The summed E-state index contributed by atoms with van der Waals surface area (Å²) >= 11 is 6.01. The summed E-state index contributed by atoms with van der Waals surface area (Å²) in [4.78, 5) is 13.9. The molecule has 0 radical (unpaired) electrons. The number of amides is 2. The first-order chi connectivity index (χ1) is 16.0. The van der Waals surface area contributed by atoms with E-state index in [0.29, 0.717) is 17.2 Å². The molecule has 1 aliphatic rings. The lowest BCUT2D eigenvalue weighted by Crippen LogP contribution is -2.41. The number of hydrogen-bond donors (Lipinski definition) is 1. The molecule has 0 spiro atoms. The lowest BCUT2D eigenvalue weighted by molar-refractivity contribution is -0.137. The van der Waals surface area contributed by atoms with E-state index in [9.17, 15) is 26.4 Å². The fraction of sp³-hybridized carbons (Fsp3) is 0.208. The minimum absolute atomic E-state index is 0.0816. The van der Waals surface area contributed by atoms with Crippen LogP contribution in [0.15, 0.2) is 83.8 Å². The second-order valence-electron chi connectivity index (χ2n) is 8.01. The van der Waals surface area contributed by atoms with Gasteiger partial charge in [-0.2, -0.15) is 13.2 Å². The van der Waals surface area contributed by atoms with Crippen molar-refractivity contribution in [3.8, 4) is 0 Å². The average Bonchev–Trinajstić information content (AvgIpc) is 3.25. The molecule has 4 rings (SSSR count). The van der Waals surface area contributed by atoms with E-state index in [0.717, 1.165) is 23.3 Å². The number of carbonyl (C=O) groups excluding carboxylic acids is 1. The Bertz CT molecular complexity index is 1270. The summed E-state index contributed by atoms with van der Waals surface area (Å²) in [5, 5.41) is 0.579. The first-order valence-corrected chi connectivity index (χ1v) is 12.2. The number of hydrogen-bond acceptors (Lipinski definition) is 3. The summed E-state index contributed by atoms with van der Waals surface area (Å²) in [6.07, 6.45) is -4.59. The van der Waals surface area contributed by atoms with Crippen LogP contribution in [0.2, 0.25) is 5.02 Å². The molecule has 1 fully saturated rings. The van der Waals surface area contributed by atoms with Crippen LogP contribution in [0.3, 0.4) is 0 Å². The second kappa shape index (κ2) is 9.31. The number of carbonyl (C=O) groups is 1. The molecule has 2 unspecified atom stereocenters. The Kier molecular flexibility index (Phi) is 6.60. The van der Waals surface area contributed by atoms with Crippen LogP contribution in [0, 0.1) is 0 Å². The van der Waals surface area contributed by atoms with Gasteiger partial charge in [0.25, 0.3) is 10.0 Å². The summed E-state index contributed by atoms with van der Waals surface area (Å²) in [6, 6.07) is 19.0. The monoisotopic (exact) mass is 508 g/mol. The van der Waals surface area contributed by atoms with E-state index in [-0.39, 0.29) is 24.9 Å². The van der Waals surface area contributed by atoms with Gasteiger partial charge in [0.15, 0.2) is 0 Å². The standard InChI is InChI=1S/C24H20ClF3N2O3S/c25-19-10-6-17(7-11-19)22-15-30(14-21(22)16-4-2-1-3-5-16)23(31)29-34(32,33)20-12-8-18(9-13-20)24(26,27)28/h1-13,21-22H,14-15H2,(H,29,31). The van der Waals surface area contributed by atoms with Crippen molar-refractivity contribution in [2.45, 2.75) is 22.9 Å². The van der Waals surface area contributed by atoms with Crippen molar-refractivity contribution in [1.82, 2.24) is 9.62 Å².